The molecule has 0 aliphatic rings. The monoisotopic (exact) mass is 243 g/mol. The van der Waals surface area contributed by atoms with Crippen molar-refractivity contribution in [2.45, 2.75) is 25.2 Å². The number of aliphatic hydroxyl groups is 1. The van der Waals surface area contributed by atoms with Gasteiger partial charge in [-0.3, -0.25) is 0 Å². The third kappa shape index (κ3) is 5.24. The fourth-order valence-corrected chi connectivity index (χ4v) is 1.59. The first-order valence-corrected chi connectivity index (χ1v) is 5.79. The van der Waals surface area contributed by atoms with E-state index in [1.54, 1.807) is 0 Å². The maximum Gasteiger partial charge on any atom is 0.282 e. The van der Waals surface area contributed by atoms with Crippen LogP contribution in [-0.4, -0.2) is 30.7 Å². The molecular formula is C13H19F2NO. The van der Waals surface area contributed by atoms with E-state index in [0.29, 0.717) is 12.5 Å². The Labute approximate surface area is 101 Å². The van der Waals surface area contributed by atoms with Crippen LogP contribution in [-0.2, 0) is 0 Å². The first-order chi connectivity index (χ1) is 8.05. The van der Waals surface area contributed by atoms with Crippen LogP contribution in [0.25, 0.3) is 0 Å². The van der Waals surface area contributed by atoms with Gasteiger partial charge in [0.1, 0.15) is 6.61 Å². The fourth-order valence-electron chi connectivity index (χ4n) is 1.59. The molecule has 0 bridgehead atoms. The van der Waals surface area contributed by atoms with Crippen LogP contribution in [0.15, 0.2) is 30.3 Å². The molecular weight excluding hydrogens is 224 g/mol. The van der Waals surface area contributed by atoms with Gasteiger partial charge < -0.3 is 10.4 Å². The maximum atomic E-state index is 12.7. The van der Waals surface area contributed by atoms with E-state index in [0.717, 1.165) is 6.42 Å². The van der Waals surface area contributed by atoms with E-state index in [4.69, 9.17) is 5.11 Å². The van der Waals surface area contributed by atoms with E-state index >= 15 is 0 Å². The van der Waals surface area contributed by atoms with Crippen LogP contribution >= 0.6 is 0 Å². The number of nitrogens with one attached hydrogen (secondary N) is 1. The van der Waals surface area contributed by atoms with Gasteiger partial charge in [0, 0.05) is 0 Å². The largest absolute Gasteiger partial charge is 0.390 e. The number of halogens is 2. The molecule has 1 aromatic rings. The Morgan fingerprint density at radius 3 is 2.53 bits per heavy atom. The van der Waals surface area contributed by atoms with Crippen molar-refractivity contribution in [3.63, 3.8) is 0 Å². The van der Waals surface area contributed by atoms with E-state index < -0.39 is 19.1 Å². The third-order valence-corrected chi connectivity index (χ3v) is 2.74. The molecule has 1 rings (SSSR count). The number of alkyl halides is 2. The lowest BCUT2D eigenvalue weighted by Crippen LogP contribution is -2.36. The molecule has 4 heteroatoms. The molecule has 0 aliphatic carbocycles. The highest BCUT2D eigenvalue weighted by molar-refractivity contribution is 5.18. The molecule has 0 amide bonds. The summed E-state index contributed by atoms with van der Waals surface area (Å²) < 4.78 is 25.4. The summed E-state index contributed by atoms with van der Waals surface area (Å²) in [5.74, 6) is -2.68. The summed E-state index contributed by atoms with van der Waals surface area (Å²) in [5, 5.41) is 11.1. The second-order valence-corrected chi connectivity index (χ2v) is 4.29. The van der Waals surface area contributed by atoms with Gasteiger partial charge in [-0.25, -0.2) is 8.78 Å². The smallest absolute Gasteiger partial charge is 0.282 e. The van der Waals surface area contributed by atoms with Gasteiger partial charge in [-0.1, -0.05) is 37.3 Å². The van der Waals surface area contributed by atoms with Crippen LogP contribution in [0.5, 0.6) is 0 Å². The topological polar surface area (TPSA) is 32.3 Å². The summed E-state index contributed by atoms with van der Waals surface area (Å²) in [7, 11) is 0. The van der Waals surface area contributed by atoms with Gasteiger partial charge in [-0.2, -0.15) is 0 Å². The molecule has 0 saturated heterocycles. The number of hydrogen-bond donors (Lipinski definition) is 2. The summed E-state index contributed by atoms with van der Waals surface area (Å²) >= 11 is 0. The van der Waals surface area contributed by atoms with E-state index in [1.807, 2.05) is 30.3 Å². The molecule has 96 valence electrons. The normalized spacial score (nSPS) is 13.6. The summed E-state index contributed by atoms with van der Waals surface area (Å²) in [6.45, 7) is 1.02. The van der Waals surface area contributed by atoms with Crippen LogP contribution in [0, 0.1) is 0 Å². The molecule has 0 saturated carbocycles. The van der Waals surface area contributed by atoms with Gasteiger partial charge >= 0.3 is 0 Å². The minimum Gasteiger partial charge on any atom is -0.390 e. The molecule has 1 unspecified atom stereocenters. The lowest BCUT2D eigenvalue weighted by atomic mass is 9.98. The Bertz CT molecular complexity index is 316. The molecule has 1 atom stereocenters. The second-order valence-electron chi connectivity index (χ2n) is 4.29. The molecule has 0 spiro atoms. The van der Waals surface area contributed by atoms with E-state index in [9.17, 15) is 8.78 Å². The van der Waals surface area contributed by atoms with Crippen molar-refractivity contribution in [1.82, 2.24) is 5.32 Å². The number of rotatable bonds is 7. The molecule has 0 fully saturated rings. The standard InChI is InChI=1S/C13H19F2NO/c1-11(12-5-3-2-4-6-12)7-8-16-9-13(14,15)10-17/h2-6,11,16-17H,7-10H2,1H3. The minimum atomic E-state index is -3.02. The van der Waals surface area contributed by atoms with Crippen LogP contribution in [0.3, 0.4) is 0 Å². The Balaban J connectivity index is 2.24. The third-order valence-electron chi connectivity index (χ3n) is 2.74. The van der Waals surface area contributed by atoms with Crippen molar-refractivity contribution in [2.75, 3.05) is 19.7 Å². The van der Waals surface area contributed by atoms with Crippen molar-refractivity contribution in [1.29, 1.82) is 0 Å². The van der Waals surface area contributed by atoms with Gasteiger partial charge in [-0.05, 0) is 24.4 Å². The van der Waals surface area contributed by atoms with Gasteiger partial charge in [0.25, 0.3) is 5.92 Å². The van der Waals surface area contributed by atoms with E-state index in [2.05, 4.69) is 12.2 Å². The molecule has 0 radical (unpaired) electrons. The summed E-state index contributed by atoms with van der Waals surface area (Å²) in [6.07, 6.45) is 0.797. The van der Waals surface area contributed by atoms with Crippen LogP contribution in [0.2, 0.25) is 0 Å². The van der Waals surface area contributed by atoms with Crippen molar-refractivity contribution in [2.24, 2.45) is 0 Å². The Morgan fingerprint density at radius 2 is 1.94 bits per heavy atom. The van der Waals surface area contributed by atoms with Crippen molar-refractivity contribution < 1.29 is 13.9 Å². The molecule has 0 aromatic heterocycles. The Morgan fingerprint density at radius 1 is 1.29 bits per heavy atom. The Kier molecular flexibility index (Phi) is 5.51. The van der Waals surface area contributed by atoms with E-state index in [-0.39, 0.29) is 0 Å². The Hall–Kier alpha value is -1.00. The van der Waals surface area contributed by atoms with Crippen molar-refractivity contribution >= 4 is 0 Å². The first kappa shape index (κ1) is 14.1. The van der Waals surface area contributed by atoms with Gasteiger partial charge in [0.15, 0.2) is 0 Å². The first-order valence-electron chi connectivity index (χ1n) is 5.79. The fraction of sp³-hybridized carbons (Fsp3) is 0.538. The highest BCUT2D eigenvalue weighted by atomic mass is 19.3. The van der Waals surface area contributed by atoms with Crippen LogP contribution in [0.4, 0.5) is 8.78 Å². The van der Waals surface area contributed by atoms with Crippen molar-refractivity contribution in [3.8, 4) is 0 Å². The molecule has 0 heterocycles. The highest BCUT2D eigenvalue weighted by Gasteiger charge is 2.26. The quantitative estimate of drug-likeness (QED) is 0.721. The molecule has 2 nitrogen and oxygen atoms in total. The number of benzene rings is 1. The predicted octanol–water partition coefficient (Wildman–Crippen LogP) is 2.40. The highest BCUT2D eigenvalue weighted by Crippen LogP contribution is 2.17. The second kappa shape index (κ2) is 6.67. The zero-order valence-electron chi connectivity index (χ0n) is 10.00. The van der Waals surface area contributed by atoms with Gasteiger partial charge in [-0.15, -0.1) is 0 Å². The van der Waals surface area contributed by atoms with Crippen LogP contribution in [0.1, 0.15) is 24.8 Å². The summed E-state index contributed by atoms with van der Waals surface area (Å²) in [6, 6.07) is 9.97. The SMILES string of the molecule is CC(CCNCC(F)(F)CO)c1ccccc1. The zero-order valence-corrected chi connectivity index (χ0v) is 10.00. The zero-order chi connectivity index (χ0) is 12.7. The lowest BCUT2D eigenvalue weighted by molar-refractivity contribution is -0.0474. The van der Waals surface area contributed by atoms with Gasteiger partial charge in [0.05, 0.1) is 6.54 Å². The van der Waals surface area contributed by atoms with E-state index in [1.165, 1.54) is 5.56 Å². The van der Waals surface area contributed by atoms with Gasteiger partial charge in [0.2, 0.25) is 0 Å². The molecule has 1 aromatic carbocycles. The van der Waals surface area contributed by atoms with Crippen LogP contribution < -0.4 is 5.32 Å². The average molecular weight is 243 g/mol. The average Bonchev–Trinajstić information content (AvgIpc) is 2.35. The lowest BCUT2D eigenvalue weighted by Gasteiger charge is -2.16. The summed E-state index contributed by atoms with van der Waals surface area (Å²) in [4.78, 5) is 0. The molecule has 2 N–H and O–H groups in total. The predicted molar refractivity (Wildman–Crippen MR) is 64.4 cm³/mol. The molecule has 0 aliphatic heterocycles. The number of hydrogen-bond acceptors (Lipinski definition) is 2. The number of aliphatic hydroxyl groups excluding tert-OH is 1. The molecule has 17 heavy (non-hydrogen) atoms. The maximum absolute atomic E-state index is 12.7. The summed E-state index contributed by atoms with van der Waals surface area (Å²) in [5.41, 5.74) is 1.21. The van der Waals surface area contributed by atoms with Crippen molar-refractivity contribution in [3.05, 3.63) is 35.9 Å². The minimum absolute atomic E-state index is 0.339.